The van der Waals surface area contributed by atoms with Gasteiger partial charge in [-0.1, -0.05) is 13.3 Å². The number of nitrogens with one attached hydrogen (secondary N) is 1. The molecule has 1 aliphatic rings. The van der Waals surface area contributed by atoms with E-state index in [9.17, 15) is 0 Å². The van der Waals surface area contributed by atoms with E-state index >= 15 is 0 Å². The van der Waals surface area contributed by atoms with Crippen LogP contribution in [0.25, 0.3) is 0 Å². The Morgan fingerprint density at radius 3 is 2.57 bits per heavy atom. The van der Waals surface area contributed by atoms with Crippen LogP contribution in [0.1, 0.15) is 52.9 Å². The average molecular weight is 295 g/mol. The lowest BCUT2D eigenvalue weighted by Gasteiger charge is -2.30. The SMILES string of the molecule is CCC1CCCCC1Oc1nc(NN)nc(OC(C)C)n1. The molecule has 1 heterocycles. The molecule has 0 saturated heterocycles. The molecular formula is C14H25N5O2. The minimum Gasteiger partial charge on any atom is -0.461 e. The third-order valence-electron chi connectivity index (χ3n) is 3.69. The van der Waals surface area contributed by atoms with Gasteiger partial charge in [0, 0.05) is 0 Å². The molecule has 1 aromatic heterocycles. The lowest BCUT2D eigenvalue weighted by Crippen LogP contribution is -2.30. The molecule has 2 unspecified atom stereocenters. The quantitative estimate of drug-likeness (QED) is 0.614. The molecule has 2 rings (SSSR count). The van der Waals surface area contributed by atoms with Gasteiger partial charge in [0.25, 0.3) is 0 Å². The summed E-state index contributed by atoms with van der Waals surface area (Å²) in [5, 5.41) is 0. The number of nitrogens with two attached hydrogens (primary N) is 1. The Bertz CT molecular complexity index is 455. The van der Waals surface area contributed by atoms with Crippen molar-refractivity contribution in [2.24, 2.45) is 11.8 Å². The molecule has 0 amide bonds. The van der Waals surface area contributed by atoms with Crippen LogP contribution < -0.4 is 20.7 Å². The zero-order chi connectivity index (χ0) is 15.2. The van der Waals surface area contributed by atoms with Crippen molar-refractivity contribution in [2.45, 2.75) is 65.1 Å². The molecule has 1 aliphatic carbocycles. The summed E-state index contributed by atoms with van der Waals surface area (Å²) in [7, 11) is 0. The number of rotatable bonds is 6. The predicted molar refractivity (Wildman–Crippen MR) is 80.1 cm³/mol. The Labute approximate surface area is 125 Å². The monoisotopic (exact) mass is 295 g/mol. The highest BCUT2D eigenvalue weighted by Crippen LogP contribution is 2.30. The number of hydrazine groups is 1. The van der Waals surface area contributed by atoms with Gasteiger partial charge >= 0.3 is 12.0 Å². The van der Waals surface area contributed by atoms with Crippen LogP contribution in [0.15, 0.2) is 0 Å². The van der Waals surface area contributed by atoms with Crippen LogP contribution in [0, 0.1) is 5.92 Å². The Hall–Kier alpha value is -1.63. The first-order valence-corrected chi connectivity index (χ1v) is 7.68. The molecule has 0 aromatic carbocycles. The number of hydrogen-bond acceptors (Lipinski definition) is 7. The van der Waals surface area contributed by atoms with E-state index in [-0.39, 0.29) is 30.2 Å². The van der Waals surface area contributed by atoms with Crippen molar-refractivity contribution in [2.75, 3.05) is 5.43 Å². The zero-order valence-corrected chi connectivity index (χ0v) is 13.0. The maximum absolute atomic E-state index is 5.99. The lowest BCUT2D eigenvalue weighted by atomic mass is 9.85. The highest BCUT2D eigenvalue weighted by molar-refractivity contribution is 5.25. The second kappa shape index (κ2) is 7.40. The summed E-state index contributed by atoms with van der Waals surface area (Å²) >= 11 is 0. The summed E-state index contributed by atoms with van der Waals surface area (Å²) in [5.74, 6) is 6.20. The second-order valence-corrected chi connectivity index (χ2v) is 5.64. The third kappa shape index (κ3) is 4.42. The van der Waals surface area contributed by atoms with Gasteiger partial charge < -0.3 is 9.47 Å². The minimum absolute atomic E-state index is 0.0241. The summed E-state index contributed by atoms with van der Waals surface area (Å²) < 4.78 is 11.5. The van der Waals surface area contributed by atoms with Crippen LogP contribution in [0.2, 0.25) is 0 Å². The summed E-state index contributed by atoms with van der Waals surface area (Å²) in [6.45, 7) is 6.02. The van der Waals surface area contributed by atoms with Gasteiger partial charge in [-0.2, -0.15) is 9.97 Å². The Balaban J connectivity index is 2.13. The van der Waals surface area contributed by atoms with Crippen molar-refractivity contribution in [1.29, 1.82) is 0 Å². The van der Waals surface area contributed by atoms with E-state index in [4.69, 9.17) is 15.3 Å². The fourth-order valence-electron chi connectivity index (χ4n) is 2.65. The molecule has 1 fully saturated rings. The largest absolute Gasteiger partial charge is 0.461 e. The van der Waals surface area contributed by atoms with Crippen LogP contribution >= 0.6 is 0 Å². The standard InChI is InChI=1S/C14H25N5O2/c1-4-10-7-5-6-8-11(10)21-14-17-12(19-15)16-13(18-14)20-9(2)3/h9-11H,4-8,15H2,1-3H3,(H,16,17,18,19). The maximum atomic E-state index is 5.99. The molecule has 0 spiro atoms. The van der Waals surface area contributed by atoms with E-state index in [2.05, 4.69) is 27.3 Å². The summed E-state index contributed by atoms with van der Waals surface area (Å²) in [6.07, 6.45) is 5.93. The van der Waals surface area contributed by atoms with Crippen LogP contribution in [0.5, 0.6) is 12.0 Å². The van der Waals surface area contributed by atoms with Gasteiger partial charge in [0.1, 0.15) is 6.10 Å². The Kier molecular flexibility index (Phi) is 5.55. The van der Waals surface area contributed by atoms with Crippen LogP contribution in [0.4, 0.5) is 5.95 Å². The predicted octanol–water partition coefficient (Wildman–Crippen LogP) is 2.29. The smallest absolute Gasteiger partial charge is 0.324 e. The number of nitrogen functional groups attached to an aromatic ring is 1. The highest BCUT2D eigenvalue weighted by Gasteiger charge is 2.26. The molecule has 1 aromatic rings. The van der Waals surface area contributed by atoms with Gasteiger partial charge in [0.15, 0.2) is 0 Å². The van der Waals surface area contributed by atoms with Crippen molar-refractivity contribution < 1.29 is 9.47 Å². The van der Waals surface area contributed by atoms with E-state index < -0.39 is 0 Å². The van der Waals surface area contributed by atoms with E-state index in [0.717, 1.165) is 12.8 Å². The third-order valence-corrected chi connectivity index (χ3v) is 3.69. The average Bonchev–Trinajstić information content (AvgIpc) is 2.46. The molecule has 0 aliphatic heterocycles. The molecule has 3 N–H and O–H groups in total. The number of aromatic nitrogens is 3. The van der Waals surface area contributed by atoms with Crippen LogP contribution in [-0.4, -0.2) is 27.2 Å². The lowest BCUT2D eigenvalue weighted by molar-refractivity contribution is 0.0791. The van der Waals surface area contributed by atoms with Crippen molar-refractivity contribution in [1.82, 2.24) is 15.0 Å². The molecule has 21 heavy (non-hydrogen) atoms. The van der Waals surface area contributed by atoms with Gasteiger partial charge in [-0.3, -0.25) is 5.43 Å². The molecule has 7 nitrogen and oxygen atoms in total. The van der Waals surface area contributed by atoms with Crippen LogP contribution in [0.3, 0.4) is 0 Å². The first kappa shape index (κ1) is 15.8. The number of ether oxygens (including phenoxy) is 2. The number of anilines is 1. The van der Waals surface area contributed by atoms with Crippen molar-refractivity contribution in [3.8, 4) is 12.0 Å². The fourth-order valence-corrected chi connectivity index (χ4v) is 2.65. The van der Waals surface area contributed by atoms with Gasteiger partial charge in [-0.15, -0.1) is 4.98 Å². The number of nitrogens with zero attached hydrogens (tertiary/aromatic N) is 3. The fraction of sp³-hybridized carbons (Fsp3) is 0.786. The van der Waals surface area contributed by atoms with E-state index in [1.54, 1.807) is 0 Å². The Morgan fingerprint density at radius 2 is 1.90 bits per heavy atom. The highest BCUT2D eigenvalue weighted by atomic mass is 16.5. The first-order valence-electron chi connectivity index (χ1n) is 7.68. The van der Waals surface area contributed by atoms with Crippen molar-refractivity contribution in [3.63, 3.8) is 0 Å². The summed E-state index contributed by atoms with van der Waals surface area (Å²) in [6, 6.07) is 0.505. The topological polar surface area (TPSA) is 95.2 Å². The first-order chi connectivity index (χ1) is 10.1. The van der Waals surface area contributed by atoms with Crippen LogP contribution in [-0.2, 0) is 0 Å². The van der Waals surface area contributed by atoms with Crippen molar-refractivity contribution in [3.05, 3.63) is 0 Å². The molecule has 0 radical (unpaired) electrons. The second-order valence-electron chi connectivity index (χ2n) is 5.64. The number of hydrogen-bond donors (Lipinski definition) is 2. The molecule has 118 valence electrons. The molecule has 7 heteroatoms. The summed E-state index contributed by atoms with van der Waals surface area (Å²) in [5.41, 5.74) is 2.42. The van der Waals surface area contributed by atoms with Gasteiger partial charge in [0.2, 0.25) is 5.95 Å². The molecule has 2 atom stereocenters. The minimum atomic E-state index is -0.0241. The molecule has 0 bridgehead atoms. The normalized spacial score (nSPS) is 22.1. The Morgan fingerprint density at radius 1 is 1.19 bits per heavy atom. The maximum Gasteiger partial charge on any atom is 0.324 e. The molecular weight excluding hydrogens is 270 g/mol. The van der Waals surface area contributed by atoms with Gasteiger partial charge in [0.05, 0.1) is 6.10 Å². The van der Waals surface area contributed by atoms with E-state index in [1.165, 1.54) is 19.3 Å². The molecule has 1 saturated carbocycles. The summed E-state index contributed by atoms with van der Waals surface area (Å²) in [4.78, 5) is 12.4. The zero-order valence-electron chi connectivity index (χ0n) is 13.0. The van der Waals surface area contributed by atoms with Gasteiger partial charge in [-0.05, 0) is 45.4 Å². The van der Waals surface area contributed by atoms with Gasteiger partial charge in [-0.25, -0.2) is 5.84 Å². The van der Waals surface area contributed by atoms with Crippen molar-refractivity contribution >= 4 is 5.95 Å². The van der Waals surface area contributed by atoms with E-state index in [0.29, 0.717) is 5.92 Å². The van der Waals surface area contributed by atoms with E-state index in [1.807, 2.05) is 13.8 Å².